The van der Waals surface area contributed by atoms with Gasteiger partial charge in [0.2, 0.25) is 11.8 Å². The van der Waals surface area contributed by atoms with Gasteiger partial charge < -0.3 is 51.5 Å². The molecule has 2 amide bonds. The van der Waals surface area contributed by atoms with E-state index in [2.05, 4.69) is 37.2 Å². The van der Waals surface area contributed by atoms with Gasteiger partial charge in [0.25, 0.3) is 28.6 Å². The van der Waals surface area contributed by atoms with E-state index in [1.54, 1.807) is 6.07 Å². The second kappa shape index (κ2) is 22.1. The maximum absolute atomic E-state index is 13.9. The molecule has 2 aromatic heterocycles. The molecule has 28 heteroatoms. The number of nitriles is 1. The monoisotopic (exact) mass is 1010 g/mol. The van der Waals surface area contributed by atoms with Gasteiger partial charge in [-0.25, -0.2) is 38.2 Å². The van der Waals surface area contributed by atoms with Crippen LogP contribution in [0, 0.1) is 17.9 Å². The van der Waals surface area contributed by atoms with Crippen LogP contribution in [0.4, 0.5) is 28.4 Å². The Bertz CT molecular complexity index is 3550. The molecule has 0 unspecified atom stereocenters. The number of nitrogens with zero attached hydrogens (tertiary/aromatic N) is 8. The summed E-state index contributed by atoms with van der Waals surface area (Å²) in [6.07, 6.45) is -0.374. The minimum atomic E-state index is -1.93. The van der Waals surface area contributed by atoms with E-state index in [0.717, 1.165) is 36.4 Å². The van der Waals surface area contributed by atoms with Crippen molar-refractivity contribution in [2.45, 2.75) is 33.2 Å². The van der Waals surface area contributed by atoms with Gasteiger partial charge in [-0.3, -0.25) is 23.7 Å². The van der Waals surface area contributed by atoms with E-state index in [0.29, 0.717) is 16.7 Å². The van der Waals surface area contributed by atoms with Gasteiger partial charge in [0, 0.05) is 18.7 Å². The lowest BCUT2D eigenvalue weighted by molar-refractivity contribution is 0.0673. The highest BCUT2D eigenvalue weighted by atomic mass is 16.4. The van der Waals surface area contributed by atoms with Crippen molar-refractivity contribution in [3.8, 4) is 17.8 Å². The van der Waals surface area contributed by atoms with Crippen molar-refractivity contribution in [2.75, 3.05) is 6.54 Å². The Kier molecular flexibility index (Phi) is 16.0. The fraction of sp³-hybridized carbons (Fsp3) is 0.130. The first-order valence-electron chi connectivity index (χ1n) is 20.7. The molecule has 5 aromatic rings. The molecule has 376 valence electrons. The number of nitrogens with one attached hydrogen (secondary N) is 2. The maximum atomic E-state index is 13.9. The number of carbonyl (C=O) groups is 8. The van der Waals surface area contributed by atoms with Crippen LogP contribution >= 0.6 is 0 Å². The number of aromatic hydroxyl groups is 2. The summed E-state index contributed by atoms with van der Waals surface area (Å²) >= 11 is 0. The zero-order valence-electron chi connectivity index (χ0n) is 37.9. The lowest BCUT2D eigenvalue weighted by Gasteiger charge is -2.18. The highest BCUT2D eigenvalue weighted by Crippen LogP contribution is 2.39. The number of carboxylic acids is 6. The van der Waals surface area contributed by atoms with Gasteiger partial charge in [0.1, 0.15) is 34.5 Å². The first-order valence-corrected chi connectivity index (χ1v) is 20.7. The number of hydrogen-bond acceptors (Lipinski definition) is 17. The van der Waals surface area contributed by atoms with Crippen LogP contribution in [0.2, 0.25) is 0 Å². The molecule has 28 nitrogen and oxygen atoms in total. The standard InChI is InChI=1S/C46H34N10O18/c1-5-19-29(17-47)37(59)55(38(60)33(19)53-51-30-21(41(63)64)9-7-10-22(30)42(65)66)14-13-49-35(57)25-15-26(28(46(73)74)16-27(25)45(71)72)36(58)50-18(3)56-39(61)32(48-4)20(6-2)34(40(56)62)54-52-31-23(43(67)68)11-8-12-24(31)44(69)70/h7-12,15-16,60,62H,3,5-6,13-14H2,1-2H3,(H,49,57)(H,50,58)(H,63,64)(H,65,66)(H,67,68)(H,69,70)(H,71,72)(H,73,74). The Hall–Kier alpha value is -11.2. The lowest BCUT2D eigenvalue weighted by Crippen LogP contribution is -2.34. The van der Waals surface area contributed by atoms with Crippen LogP contribution in [0.1, 0.15) is 113 Å². The van der Waals surface area contributed by atoms with Crippen molar-refractivity contribution in [1.82, 2.24) is 19.8 Å². The van der Waals surface area contributed by atoms with E-state index < -0.39 is 168 Å². The summed E-state index contributed by atoms with van der Waals surface area (Å²) in [7, 11) is 0. The summed E-state index contributed by atoms with van der Waals surface area (Å²) in [5, 5.41) is 111. The van der Waals surface area contributed by atoms with E-state index in [-0.39, 0.29) is 28.5 Å². The summed E-state index contributed by atoms with van der Waals surface area (Å²) < 4.78 is 0.722. The molecule has 0 fully saturated rings. The van der Waals surface area contributed by atoms with E-state index in [1.807, 2.05) is 5.32 Å². The summed E-state index contributed by atoms with van der Waals surface area (Å²) in [6, 6.07) is 8.81. The van der Waals surface area contributed by atoms with Gasteiger partial charge in [-0.2, -0.15) is 5.26 Å². The Labute approximate surface area is 411 Å². The maximum Gasteiger partial charge on any atom is 0.337 e. The molecule has 10 N–H and O–H groups in total. The van der Waals surface area contributed by atoms with Crippen LogP contribution in [0.3, 0.4) is 0 Å². The number of aromatic nitrogens is 2. The fourth-order valence-corrected chi connectivity index (χ4v) is 7.16. The van der Waals surface area contributed by atoms with Gasteiger partial charge in [-0.05, 0) is 54.8 Å². The molecule has 0 saturated carbocycles. The predicted molar refractivity (Wildman–Crippen MR) is 249 cm³/mol. The Morgan fingerprint density at radius 1 is 0.622 bits per heavy atom. The number of benzene rings is 3. The second-order valence-electron chi connectivity index (χ2n) is 14.8. The van der Waals surface area contributed by atoms with Gasteiger partial charge in [-0.1, -0.05) is 32.6 Å². The fourth-order valence-electron chi connectivity index (χ4n) is 7.16. The number of carbonyl (C=O) groups excluding carboxylic acids is 2. The number of pyridine rings is 2. The van der Waals surface area contributed by atoms with Gasteiger partial charge in [0.15, 0.2) is 5.69 Å². The summed E-state index contributed by atoms with van der Waals surface area (Å²) in [5.41, 5.74) is -13.5. The minimum Gasteiger partial charge on any atom is -0.493 e. The van der Waals surface area contributed by atoms with Crippen molar-refractivity contribution in [3.05, 3.63) is 148 Å². The SMILES string of the molecule is [C-]#[N+]c1c(CC)c(N=Nc2c(C(=O)O)cccc2C(=O)O)c(O)n(C(=C)NC(=O)c2cc(C(=O)NCCn3c(O)c(N=Nc4c(C(=O)O)cccc4C(=O)O)c(CC)c(C#N)c3=O)c(C(=O)O)cc2C(=O)O)c1=O. The van der Waals surface area contributed by atoms with Gasteiger partial charge in [0.05, 0.1) is 51.1 Å². The molecule has 0 saturated heterocycles. The van der Waals surface area contributed by atoms with Crippen LogP contribution < -0.4 is 21.8 Å². The normalized spacial score (nSPS) is 10.9. The second-order valence-corrected chi connectivity index (χ2v) is 14.8. The molecule has 2 heterocycles. The molecule has 74 heavy (non-hydrogen) atoms. The third-order valence-electron chi connectivity index (χ3n) is 10.6. The summed E-state index contributed by atoms with van der Waals surface area (Å²) in [6.45, 7) is 12.6. The smallest absolute Gasteiger partial charge is 0.337 e. The lowest BCUT2D eigenvalue weighted by atomic mass is 9.97. The highest BCUT2D eigenvalue weighted by molar-refractivity contribution is 6.13. The molecule has 5 rings (SSSR count). The average Bonchev–Trinajstić information content (AvgIpc) is 3.35. The van der Waals surface area contributed by atoms with Crippen LogP contribution in [-0.2, 0) is 19.4 Å². The third-order valence-corrected chi connectivity index (χ3v) is 10.6. The molecule has 3 aromatic carbocycles. The Balaban J connectivity index is 1.53. The summed E-state index contributed by atoms with van der Waals surface area (Å²) in [5.74, 6) is -16.3. The van der Waals surface area contributed by atoms with Crippen molar-refractivity contribution in [2.24, 2.45) is 20.5 Å². The first kappa shape index (κ1) is 53.8. The molecule has 0 bridgehead atoms. The van der Waals surface area contributed by atoms with Crippen LogP contribution in [0.25, 0.3) is 10.7 Å². The highest BCUT2D eigenvalue weighted by Gasteiger charge is 2.30. The molecule has 0 aliphatic carbocycles. The molecule has 0 radical (unpaired) electrons. The Morgan fingerprint density at radius 3 is 1.43 bits per heavy atom. The number of aromatic carboxylic acids is 6. The first-order chi connectivity index (χ1) is 35.0. The van der Waals surface area contributed by atoms with Crippen molar-refractivity contribution in [1.29, 1.82) is 5.26 Å². The number of hydrogen-bond donors (Lipinski definition) is 10. The number of amides is 2. The van der Waals surface area contributed by atoms with Crippen LogP contribution in [0.15, 0.2) is 85.2 Å². The van der Waals surface area contributed by atoms with Crippen LogP contribution in [-0.4, -0.2) is 104 Å². The van der Waals surface area contributed by atoms with Crippen molar-refractivity contribution >= 4 is 81.9 Å². The molecular formula is C46H34N10O18. The van der Waals surface area contributed by atoms with E-state index in [1.165, 1.54) is 13.8 Å². The molecule has 0 spiro atoms. The zero-order chi connectivity index (χ0) is 55.0. The van der Waals surface area contributed by atoms with E-state index in [4.69, 9.17) is 6.57 Å². The zero-order valence-corrected chi connectivity index (χ0v) is 37.9. The molecule has 0 atom stereocenters. The number of azo groups is 2. The number of carboxylic acid groups (broad SMARTS) is 6. The van der Waals surface area contributed by atoms with E-state index in [9.17, 15) is 94.1 Å². The summed E-state index contributed by atoms with van der Waals surface area (Å²) in [4.78, 5) is 130. The van der Waals surface area contributed by atoms with Crippen molar-refractivity contribution in [3.63, 3.8) is 0 Å². The average molecular weight is 1010 g/mol. The van der Waals surface area contributed by atoms with Gasteiger partial charge >= 0.3 is 35.8 Å². The largest absolute Gasteiger partial charge is 0.493 e. The molecule has 0 aliphatic rings. The third kappa shape index (κ3) is 10.4. The topological polar surface area (TPSA) is 444 Å². The van der Waals surface area contributed by atoms with Crippen molar-refractivity contribution < 1.29 is 79.2 Å². The molecule has 0 aliphatic heterocycles. The minimum absolute atomic E-state index is 0.155. The van der Waals surface area contributed by atoms with Crippen LogP contribution in [0.5, 0.6) is 11.8 Å². The van der Waals surface area contributed by atoms with Gasteiger partial charge in [-0.15, -0.1) is 20.5 Å². The molecular weight excluding hydrogens is 981 g/mol. The Morgan fingerprint density at radius 2 is 1.03 bits per heavy atom. The quantitative estimate of drug-likeness (QED) is 0.0371. The number of rotatable bonds is 19. The van der Waals surface area contributed by atoms with E-state index >= 15 is 0 Å². The predicted octanol–water partition coefficient (Wildman–Crippen LogP) is 5.28.